The van der Waals surface area contributed by atoms with Gasteiger partial charge in [0.15, 0.2) is 0 Å². The lowest BCUT2D eigenvalue weighted by Crippen LogP contribution is -2.53. The van der Waals surface area contributed by atoms with E-state index in [9.17, 15) is 9.59 Å². The van der Waals surface area contributed by atoms with Crippen LogP contribution in [0.2, 0.25) is 0 Å². The van der Waals surface area contributed by atoms with Gasteiger partial charge in [-0.3, -0.25) is 4.90 Å². The molecule has 5 nitrogen and oxygen atoms in total. The van der Waals surface area contributed by atoms with Crippen molar-refractivity contribution in [3.63, 3.8) is 0 Å². The largest absolute Gasteiger partial charge is 0.464 e. The Bertz CT molecular complexity index is 571. The van der Waals surface area contributed by atoms with Crippen LogP contribution in [0, 0.1) is 5.41 Å². The summed E-state index contributed by atoms with van der Waals surface area (Å²) in [5.41, 5.74) is 0.446. The van der Waals surface area contributed by atoms with Crippen LogP contribution in [0.3, 0.4) is 0 Å². The van der Waals surface area contributed by atoms with Gasteiger partial charge in [-0.05, 0) is 30.7 Å². The highest BCUT2D eigenvalue weighted by Crippen LogP contribution is 2.27. The van der Waals surface area contributed by atoms with E-state index in [-0.39, 0.29) is 19.2 Å². The van der Waals surface area contributed by atoms with E-state index in [1.807, 2.05) is 51.1 Å². The highest BCUT2D eigenvalue weighted by Gasteiger charge is 2.40. The van der Waals surface area contributed by atoms with Crippen molar-refractivity contribution in [1.82, 2.24) is 4.90 Å². The van der Waals surface area contributed by atoms with Crippen LogP contribution in [-0.4, -0.2) is 41.5 Å². The van der Waals surface area contributed by atoms with Gasteiger partial charge in [0.05, 0.1) is 6.61 Å². The predicted octanol–water partition coefficient (Wildman–Crippen LogP) is 5.17. The second kappa shape index (κ2) is 12.0. The number of unbranched alkanes of at least 4 members (excludes halogenated alkanes) is 2. The summed E-state index contributed by atoms with van der Waals surface area (Å²) in [4.78, 5) is 27.0. The van der Waals surface area contributed by atoms with Gasteiger partial charge in [-0.1, -0.05) is 73.5 Å². The van der Waals surface area contributed by atoms with Crippen LogP contribution in [-0.2, 0) is 20.9 Å². The first-order chi connectivity index (χ1) is 12.8. The Hall–Kier alpha value is -1.56. The molecule has 1 rings (SSSR count). The van der Waals surface area contributed by atoms with E-state index in [1.54, 1.807) is 6.92 Å². The summed E-state index contributed by atoms with van der Waals surface area (Å²) < 4.78 is 10.8. The Morgan fingerprint density at radius 1 is 1.07 bits per heavy atom. The Morgan fingerprint density at radius 2 is 1.74 bits per heavy atom. The number of carbonyl (C=O) groups excluding carboxylic acids is 2. The number of carbonyl (C=O) groups is 2. The average molecular weight is 442 g/mol. The predicted molar refractivity (Wildman–Crippen MR) is 111 cm³/mol. The molecule has 0 radical (unpaired) electrons. The molecule has 0 saturated heterocycles. The summed E-state index contributed by atoms with van der Waals surface area (Å²) in [5.74, 6) is -0.387. The van der Waals surface area contributed by atoms with E-state index in [0.717, 1.165) is 30.2 Å². The molecule has 0 aromatic heterocycles. The number of rotatable bonds is 10. The lowest BCUT2D eigenvalue weighted by Gasteiger charge is -2.37. The molecule has 0 fully saturated rings. The summed E-state index contributed by atoms with van der Waals surface area (Å²) in [5, 5.41) is 0.923. The smallest absolute Gasteiger partial charge is 0.410 e. The number of ether oxygens (including phenoxy) is 2. The first kappa shape index (κ1) is 23.5. The van der Waals surface area contributed by atoms with Gasteiger partial charge < -0.3 is 9.47 Å². The summed E-state index contributed by atoms with van der Waals surface area (Å²) in [6.45, 7) is 8.49. The SMILES string of the molecule is CCOC(=O)[C@@H](N(CCCCCBr)C(=O)OCc1ccccc1)C(C)(C)C. The minimum Gasteiger partial charge on any atom is -0.464 e. The summed E-state index contributed by atoms with van der Waals surface area (Å²) in [7, 11) is 0. The summed E-state index contributed by atoms with van der Waals surface area (Å²) in [6, 6.07) is 8.83. The van der Waals surface area contributed by atoms with Gasteiger partial charge in [0.2, 0.25) is 0 Å². The Morgan fingerprint density at radius 3 is 2.30 bits per heavy atom. The molecule has 27 heavy (non-hydrogen) atoms. The molecule has 152 valence electrons. The zero-order chi connectivity index (χ0) is 20.3. The monoisotopic (exact) mass is 441 g/mol. The highest BCUT2D eigenvalue weighted by atomic mass is 79.9. The number of esters is 1. The van der Waals surface area contributed by atoms with Gasteiger partial charge in [0, 0.05) is 11.9 Å². The van der Waals surface area contributed by atoms with Crippen LogP contribution in [0.15, 0.2) is 30.3 Å². The van der Waals surface area contributed by atoms with Crippen LogP contribution in [0.5, 0.6) is 0 Å². The molecule has 6 heteroatoms. The summed E-state index contributed by atoms with van der Waals surface area (Å²) in [6.07, 6.45) is 2.31. The quantitative estimate of drug-likeness (QED) is 0.285. The average Bonchev–Trinajstić information content (AvgIpc) is 2.62. The lowest BCUT2D eigenvalue weighted by molar-refractivity contribution is -0.153. The van der Waals surface area contributed by atoms with Crippen LogP contribution in [0.1, 0.15) is 52.5 Å². The van der Waals surface area contributed by atoms with Crippen molar-refractivity contribution in [3.8, 4) is 0 Å². The van der Waals surface area contributed by atoms with Crippen LogP contribution in [0.4, 0.5) is 4.79 Å². The lowest BCUT2D eigenvalue weighted by atomic mass is 9.85. The molecule has 0 aliphatic carbocycles. The van der Waals surface area contributed by atoms with Crippen molar-refractivity contribution in [2.75, 3.05) is 18.5 Å². The number of halogens is 1. The minimum atomic E-state index is -0.690. The molecule has 0 spiro atoms. The van der Waals surface area contributed by atoms with Gasteiger partial charge in [-0.25, -0.2) is 9.59 Å². The van der Waals surface area contributed by atoms with E-state index < -0.39 is 17.6 Å². The topological polar surface area (TPSA) is 55.8 Å². The van der Waals surface area contributed by atoms with E-state index in [4.69, 9.17) is 9.47 Å². The third-order valence-corrected chi connectivity index (χ3v) is 4.67. The van der Waals surface area contributed by atoms with Crippen LogP contribution < -0.4 is 0 Å². The molecule has 0 N–H and O–H groups in total. The van der Waals surface area contributed by atoms with Gasteiger partial charge in [0.1, 0.15) is 12.6 Å². The Labute approximate surface area is 171 Å². The van der Waals surface area contributed by atoms with Crippen molar-refractivity contribution in [2.24, 2.45) is 5.41 Å². The maximum absolute atomic E-state index is 12.9. The van der Waals surface area contributed by atoms with Gasteiger partial charge in [-0.15, -0.1) is 0 Å². The molecule has 1 atom stereocenters. The molecule has 1 amide bonds. The molecular formula is C21H32BrNO4. The third-order valence-electron chi connectivity index (χ3n) is 4.11. The molecular weight excluding hydrogens is 410 g/mol. The van der Waals surface area contributed by atoms with Gasteiger partial charge in [0.25, 0.3) is 0 Å². The zero-order valence-corrected chi connectivity index (χ0v) is 18.5. The maximum Gasteiger partial charge on any atom is 0.410 e. The van der Waals surface area contributed by atoms with Gasteiger partial charge in [-0.2, -0.15) is 0 Å². The third kappa shape index (κ3) is 8.33. The fraction of sp³-hybridized carbons (Fsp3) is 0.619. The normalized spacial score (nSPS) is 12.3. The Kier molecular flexibility index (Phi) is 10.4. The molecule has 0 aliphatic heterocycles. The molecule has 0 saturated carbocycles. The first-order valence-electron chi connectivity index (χ1n) is 9.51. The van der Waals surface area contributed by atoms with Gasteiger partial charge >= 0.3 is 12.1 Å². The molecule has 0 aliphatic rings. The van der Waals surface area contributed by atoms with E-state index in [0.29, 0.717) is 6.54 Å². The first-order valence-corrected chi connectivity index (χ1v) is 10.6. The molecule has 0 unspecified atom stereocenters. The van der Waals surface area contributed by atoms with Crippen LogP contribution >= 0.6 is 15.9 Å². The van der Waals surface area contributed by atoms with E-state index in [1.165, 1.54) is 4.90 Å². The fourth-order valence-corrected chi connectivity index (χ4v) is 3.25. The number of benzene rings is 1. The molecule has 1 aromatic carbocycles. The zero-order valence-electron chi connectivity index (χ0n) is 16.9. The van der Waals surface area contributed by atoms with Crippen molar-refractivity contribution < 1.29 is 19.1 Å². The molecule has 0 bridgehead atoms. The standard InChI is InChI=1S/C21H32BrNO4/c1-5-26-19(24)18(21(2,3)4)23(15-11-7-10-14-22)20(25)27-16-17-12-8-6-9-13-17/h6,8-9,12-13,18H,5,7,10-11,14-16H2,1-4H3/t18-/m1/s1. The second-order valence-electron chi connectivity index (χ2n) is 7.50. The van der Waals surface area contributed by atoms with Crippen LogP contribution in [0.25, 0.3) is 0 Å². The minimum absolute atomic E-state index is 0.178. The van der Waals surface area contributed by atoms with E-state index in [2.05, 4.69) is 15.9 Å². The number of hydrogen-bond donors (Lipinski definition) is 0. The summed E-state index contributed by atoms with van der Waals surface area (Å²) >= 11 is 3.42. The van der Waals surface area contributed by atoms with Crippen molar-refractivity contribution in [1.29, 1.82) is 0 Å². The number of amides is 1. The van der Waals surface area contributed by atoms with Crippen molar-refractivity contribution in [2.45, 2.75) is 59.6 Å². The van der Waals surface area contributed by atoms with E-state index >= 15 is 0 Å². The fourth-order valence-electron chi connectivity index (χ4n) is 2.85. The number of alkyl halides is 1. The molecule has 1 aromatic rings. The highest BCUT2D eigenvalue weighted by molar-refractivity contribution is 9.09. The Balaban J connectivity index is 2.93. The van der Waals surface area contributed by atoms with Crippen molar-refractivity contribution >= 4 is 28.0 Å². The molecule has 0 heterocycles. The second-order valence-corrected chi connectivity index (χ2v) is 8.30. The number of hydrogen-bond acceptors (Lipinski definition) is 4. The van der Waals surface area contributed by atoms with Crippen molar-refractivity contribution in [3.05, 3.63) is 35.9 Å². The number of nitrogens with zero attached hydrogens (tertiary/aromatic N) is 1. The maximum atomic E-state index is 12.9.